The van der Waals surface area contributed by atoms with Gasteiger partial charge in [0.15, 0.2) is 0 Å². The minimum atomic E-state index is -0.516. The second-order valence-electron chi connectivity index (χ2n) is 5.35. The summed E-state index contributed by atoms with van der Waals surface area (Å²) in [5.41, 5.74) is 7.06. The first-order chi connectivity index (χ1) is 11.0. The second kappa shape index (κ2) is 7.45. The highest BCUT2D eigenvalue weighted by atomic mass is 16.5. The molecule has 0 heterocycles. The first-order valence-electron chi connectivity index (χ1n) is 7.37. The number of nitrogens with two attached hydrogens (primary N) is 1. The standard InChI is InChI=1S/C18H20N2O3/c1-12-5-3-4-6-16(12)23-13(2)11-20-18(22)15-9-7-14(8-10-15)17(19)21/h3-10,13H,11H2,1-2H3,(H2,19,21)(H,20,22)/t13-/m0/s1. The number of amides is 2. The summed E-state index contributed by atoms with van der Waals surface area (Å²) in [6.07, 6.45) is -0.162. The zero-order valence-corrected chi connectivity index (χ0v) is 13.2. The fraction of sp³-hybridized carbons (Fsp3) is 0.222. The Morgan fingerprint density at radius 3 is 2.30 bits per heavy atom. The van der Waals surface area contributed by atoms with Crippen LogP contribution in [0.5, 0.6) is 5.75 Å². The minimum absolute atomic E-state index is 0.162. The Kier molecular flexibility index (Phi) is 5.36. The number of hydrogen-bond acceptors (Lipinski definition) is 3. The van der Waals surface area contributed by atoms with Gasteiger partial charge in [0.1, 0.15) is 11.9 Å². The molecule has 0 bridgehead atoms. The van der Waals surface area contributed by atoms with Crippen LogP contribution in [0.15, 0.2) is 48.5 Å². The molecule has 2 aromatic carbocycles. The number of carbonyl (C=O) groups excluding carboxylic acids is 2. The molecule has 0 spiro atoms. The Morgan fingerprint density at radius 2 is 1.70 bits per heavy atom. The lowest BCUT2D eigenvalue weighted by molar-refractivity contribution is 0.0930. The molecule has 0 saturated heterocycles. The van der Waals surface area contributed by atoms with E-state index in [1.54, 1.807) is 12.1 Å². The van der Waals surface area contributed by atoms with Crippen LogP contribution in [-0.4, -0.2) is 24.5 Å². The molecule has 120 valence electrons. The monoisotopic (exact) mass is 312 g/mol. The lowest BCUT2D eigenvalue weighted by atomic mass is 10.1. The number of hydrogen-bond donors (Lipinski definition) is 2. The molecular weight excluding hydrogens is 292 g/mol. The maximum absolute atomic E-state index is 12.1. The summed E-state index contributed by atoms with van der Waals surface area (Å²) in [5, 5.41) is 2.81. The van der Waals surface area contributed by atoms with Crippen molar-refractivity contribution in [2.45, 2.75) is 20.0 Å². The highest BCUT2D eigenvalue weighted by molar-refractivity contribution is 5.97. The molecule has 5 nitrogen and oxygen atoms in total. The van der Waals surface area contributed by atoms with E-state index < -0.39 is 5.91 Å². The summed E-state index contributed by atoms with van der Waals surface area (Å²) in [5.74, 6) is 0.0681. The van der Waals surface area contributed by atoms with E-state index in [1.165, 1.54) is 12.1 Å². The maximum atomic E-state index is 12.1. The van der Waals surface area contributed by atoms with Gasteiger partial charge in [-0.25, -0.2) is 0 Å². The number of benzene rings is 2. The van der Waals surface area contributed by atoms with Crippen molar-refractivity contribution in [3.8, 4) is 5.75 Å². The highest BCUT2D eigenvalue weighted by Gasteiger charge is 2.10. The van der Waals surface area contributed by atoms with Crippen molar-refractivity contribution in [3.05, 3.63) is 65.2 Å². The number of rotatable bonds is 6. The molecule has 23 heavy (non-hydrogen) atoms. The number of ether oxygens (including phenoxy) is 1. The Bertz CT molecular complexity index is 696. The largest absolute Gasteiger partial charge is 0.489 e. The molecule has 3 N–H and O–H groups in total. The molecule has 2 aromatic rings. The van der Waals surface area contributed by atoms with Crippen molar-refractivity contribution in [1.82, 2.24) is 5.32 Å². The van der Waals surface area contributed by atoms with Gasteiger partial charge < -0.3 is 15.8 Å². The van der Waals surface area contributed by atoms with E-state index in [9.17, 15) is 9.59 Å². The predicted molar refractivity (Wildman–Crippen MR) is 88.6 cm³/mol. The average Bonchev–Trinajstić information content (AvgIpc) is 2.55. The van der Waals surface area contributed by atoms with Crippen LogP contribution in [0.4, 0.5) is 0 Å². The highest BCUT2D eigenvalue weighted by Crippen LogP contribution is 2.17. The maximum Gasteiger partial charge on any atom is 0.251 e. The Hall–Kier alpha value is -2.82. The smallest absolute Gasteiger partial charge is 0.251 e. The van der Waals surface area contributed by atoms with E-state index in [0.29, 0.717) is 17.7 Å². The van der Waals surface area contributed by atoms with Crippen LogP contribution in [0, 0.1) is 6.92 Å². The van der Waals surface area contributed by atoms with Crippen LogP contribution in [0.3, 0.4) is 0 Å². The normalized spacial score (nSPS) is 11.6. The number of nitrogens with one attached hydrogen (secondary N) is 1. The number of carbonyl (C=O) groups is 2. The molecule has 5 heteroatoms. The van der Waals surface area contributed by atoms with Crippen molar-refractivity contribution in [2.24, 2.45) is 5.73 Å². The molecule has 0 fully saturated rings. The number of primary amides is 1. The quantitative estimate of drug-likeness (QED) is 0.858. The van der Waals surface area contributed by atoms with E-state index in [4.69, 9.17) is 10.5 Å². The summed E-state index contributed by atoms with van der Waals surface area (Å²) in [7, 11) is 0. The fourth-order valence-corrected chi connectivity index (χ4v) is 2.07. The summed E-state index contributed by atoms with van der Waals surface area (Å²) in [6.45, 7) is 4.24. The van der Waals surface area contributed by atoms with Crippen molar-refractivity contribution >= 4 is 11.8 Å². The molecule has 0 radical (unpaired) electrons. The Labute approximate surface area is 135 Å². The van der Waals surface area contributed by atoms with Crippen LogP contribution >= 0.6 is 0 Å². The number of aryl methyl sites for hydroxylation is 1. The molecule has 0 unspecified atom stereocenters. The van der Waals surface area contributed by atoms with Gasteiger partial charge in [-0.3, -0.25) is 9.59 Å². The van der Waals surface area contributed by atoms with E-state index in [0.717, 1.165) is 11.3 Å². The van der Waals surface area contributed by atoms with Crippen LogP contribution < -0.4 is 15.8 Å². The van der Waals surface area contributed by atoms with Crippen LogP contribution in [0.2, 0.25) is 0 Å². The van der Waals surface area contributed by atoms with Gasteiger partial charge in [-0.2, -0.15) is 0 Å². The van der Waals surface area contributed by atoms with Crippen LogP contribution in [0.1, 0.15) is 33.2 Å². The van der Waals surface area contributed by atoms with Gasteiger partial charge in [-0.15, -0.1) is 0 Å². The third-order valence-electron chi connectivity index (χ3n) is 3.40. The van der Waals surface area contributed by atoms with Gasteiger partial charge in [0.25, 0.3) is 5.91 Å². The van der Waals surface area contributed by atoms with E-state index in [-0.39, 0.29) is 12.0 Å². The minimum Gasteiger partial charge on any atom is -0.489 e. The Balaban J connectivity index is 1.88. The molecule has 0 aliphatic rings. The average molecular weight is 312 g/mol. The Morgan fingerprint density at radius 1 is 1.09 bits per heavy atom. The zero-order chi connectivity index (χ0) is 16.8. The zero-order valence-electron chi connectivity index (χ0n) is 13.2. The fourth-order valence-electron chi connectivity index (χ4n) is 2.07. The summed E-state index contributed by atoms with van der Waals surface area (Å²) in [6, 6.07) is 13.9. The van der Waals surface area contributed by atoms with Gasteiger partial charge in [0, 0.05) is 11.1 Å². The van der Waals surface area contributed by atoms with Crippen LogP contribution in [0.25, 0.3) is 0 Å². The molecule has 1 atom stereocenters. The van der Waals surface area contributed by atoms with E-state index in [2.05, 4.69) is 5.32 Å². The SMILES string of the molecule is Cc1ccccc1O[C@@H](C)CNC(=O)c1ccc(C(N)=O)cc1. The molecular formula is C18H20N2O3. The second-order valence-corrected chi connectivity index (χ2v) is 5.35. The topological polar surface area (TPSA) is 81.4 Å². The van der Waals surface area contributed by atoms with Crippen molar-refractivity contribution in [1.29, 1.82) is 0 Å². The van der Waals surface area contributed by atoms with Gasteiger partial charge in [-0.05, 0) is 49.7 Å². The molecule has 2 rings (SSSR count). The molecule has 0 aliphatic heterocycles. The van der Waals surface area contributed by atoms with Crippen LogP contribution in [-0.2, 0) is 0 Å². The molecule has 2 amide bonds. The van der Waals surface area contributed by atoms with Gasteiger partial charge in [0.05, 0.1) is 6.54 Å². The molecule has 0 aliphatic carbocycles. The van der Waals surface area contributed by atoms with Gasteiger partial charge in [-0.1, -0.05) is 18.2 Å². The third-order valence-corrected chi connectivity index (χ3v) is 3.40. The van der Waals surface area contributed by atoms with Gasteiger partial charge in [0.2, 0.25) is 5.91 Å². The van der Waals surface area contributed by atoms with Gasteiger partial charge >= 0.3 is 0 Å². The van der Waals surface area contributed by atoms with Crippen molar-refractivity contribution in [2.75, 3.05) is 6.54 Å². The molecule has 0 saturated carbocycles. The van der Waals surface area contributed by atoms with Crippen molar-refractivity contribution < 1.29 is 14.3 Å². The molecule has 0 aromatic heterocycles. The lowest BCUT2D eigenvalue weighted by Gasteiger charge is -2.17. The predicted octanol–water partition coefficient (Wildman–Crippen LogP) is 2.29. The first kappa shape index (κ1) is 16.5. The van der Waals surface area contributed by atoms with E-state index in [1.807, 2.05) is 38.1 Å². The third kappa shape index (κ3) is 4.57. The number of para-hydroxylation sites is 1. The summed E-state index contributed by atoms with van der Waals surface area (Å²) >= 11 is 0. The summed E-state index contributed by atoms with van der Waals surface area (Å²) in [4.78, 5) is 23.1. The van der Waals surface area contributed by atoms with E-state index >= 15 is 0 Å². The summed E-state index contributed by atoms with van der Waals surface area (Å²) < 4.78 is 5.81. The van der Waals surface area contributed by atoms with Crippen molar-refractivity contribution in [3.63, 3.8) is 0 Å². The first-order valence-corrected chi connectivity index (χ1v) is 7.37. The lowest BCUT2D eigenvalue weighted by Crippen LogP contribution is -2.33.